The molecule has 1 saturated heterocycles. The molecule has 2 aromatic carbocycles. The van der Waals surface area contributed by atoms with Gasteiger partial charge >= 0.3 is 0 Å². The van der Waals surface area contributed by atoms with Crippen molar-refractivity contribution in [2.24, 2.45) is 0 Å². The summed E-state index contributed by atoms with van der Waals surface area (Å²) in [5.41, 5.74) is 1.69. The van der Waals surface area contributed by atoms with E-state index in [4.69, 9.17) is 9.72 Å². The summed E-state index contributed by atoms with van der Waals surface area (Å²) in [6.45, 7) is 9.05. The minimum Gasteiger partial charge on any atom is -0.379 e. The third-order valence-electron chi connectivity index (χ3n) is 5.26. The molecule has 0 unspecified atom stereocenters. The minimum absolute atomic E-state index is 0. The average molecular weight is 524 g/mol. The summed E-state index contributed by atoms with van der Waals surface area (Å²) in [5, 5.41) is 1.23. The molecule has 9 heteroatoms. The van der Waals surface area contributed by atoms with E-state index in [9.17, 15) is 4.79 Å². The molecule has 1 aromatic heterocycles. The van der Waals surface area contributed by atoms with Gasteiger partial charge in [-0.15, -0.1) is 35.9 Å². The summed E-state index contributed by atoms with van der Waals surface area (Å²) in [7, 11) is 0. The van der Waals surface area contributed by atoms with Crippen LogP contribution in [0.1, 0.15) is 24.2 Å². The lowest BCUT2D eigenvalue weighted by Crippen LogP contribution is -2.43. The molecule has 1 aliphatic heterocycles. The number of carbonyl (C=O) groups is 1. The Kier molecular flexibility index (Phi) is 9.91. The van der Waals surface area contributed by atoms with Crippen LogP contribution >= 0.6 is 47.3 Å². The number of aromatic nitrogens is 1. The molecule has 5 nitrogen and oxygen atoms in total. The molecule has 1 aliphatic rings. The van der Waals surface area contributed by atoms with Gasteiger partial charge in [0.2, 0.25) is 0 Å². The second kappa shape index (κ2) is 12.4. The van der Waals surface area contributed by atoms with Crippen molar-refractivity contribution < 1.29 is 9.53 Å². The first kappa shape index (κ1) is 26.3. The highest BCUT2D eigenvalue weighted by Gasteiger charge is 2.23. The lowest BCUT2D eigenvalue weighted by molar-refractivity contribution is 0.0391. The maximum atomic E-state index is 13.7. The zero-order valence-electron chi connectivity index (χ0n) is 19.2. The molecule has 4 rings (SSSR count). The van der Waals surface area contributed by atoms with Gasteiger partial charge in [-0.1, -0.05) is 37.3 Å². The van der Waals surface area contributed by atoms with Gasteiger partial charge in [0.05, 0.1) is 23.4 Å². The summed E-state index contributed by atoms with van der Waals surface area (Å²) in [4.78, 5) is 25.1. The molecule has 0 N–H and O–H groups in total. The topological polar surface area (TPSA) is 45.7 Å². The number of morpholine rings is 1. The maximum absolute atomic E-state index is 13.7. The molecule has 178 valence electrons. The van der Waals surface area contributed by atoms with Crippen molar-refractivity contribution in [3.63, 3.8) is 0 Å². The van der Waals surface area contributed by atoms with Gasteiger partial charge in [-0.2, -0.15) is 0 Å². The Labute approximate surface area is 214 Å². The molecular formula is C24H30ClN3O2S3. The molecule has 0 bridgehead atoms. The summed E-state index contributed by atoms with van der Waals surface area (Å²) >= 11 is 5.05. The fourth-order valence-corrected chi connectivity index (χ4v) is 6.21. The maximum Gasteiger partial charge on any atom is 0.260 e. The highest BCUT2D eigenvalue weighted by Crippen LogP contribution is 2.35. The number of fused-ring (bicyclic) bond motifs is 1. The Bertz CT molecular complexity index is 1070. The molecule has 1 amide bonds. The Hall–Kier alpha value is -1.29. The third-order valence-corrected chi connectivity index (χ3v) is 8.07. The van der Waals surface area contributed by atoms with Crippen LogP contribution in [0.15, 0.2) is 52.3 Å². The van der Waals surface area contributed by atoms with Gasteiger partial charge in [0.1, 0.15) is 0 Å². The molecule has 0 saturated carbocycles. The zero-order chi connectivity index (χ0) is 22.5. The van der Waals surface area contributed by atoms with Crippen LogP contribution in [0.2, 0.25) is 0 Å². The number of halogens is 1. The molecule has 1 fully saturated rings. The highest BCUT2D eigenvalue weighted by atomic mass is 35.5. The Morgan fingerprint density at radius 1 is 1.21 bits per heavy atom. The lowest BCUT2D eigenvalue weighted by atomic mass is 10.2. The predicted octanol–water partition coefficient (Wildman–Crippen LogP) is 5.92. The number of rotatable bonds is 8. The number of hydrogen-bond donors (Lipinski definition) is 0. The standard InChI is InChI=1S/C24H29N3O2S3.ClH/c1-17(2)31-19-7-4-6-18(16-19)23(28)27(11-10-26-12-14-29-15-13-26)24-25-22-20(30-3)8-5-9-21(22)32-24;/h4-9,16-17H,10-15H2,1-3H3;1H. The third kappa shape index (κ3) is 6.65. The minimum atomic E-state index is 0. The normalized spacial score (nSPS) is 14.4. The lowest BCUT2D eigenvalue weighted by Gasteiger charge is -2.29. The van der Waals surface area contributed by atoms with Crippen LogP contribution in [0.4, 0.5) is 5.13 Å². The van der Waals surface area contributed by atoms with Crippen molar-refractivity contribution in [2.75, 3.05) is 50.5 Å². The van der Waals surface area contributed by atoms with Crippen molar-refractivity contribution in [2.45, 2.75) is 28.9 Å². The fraction of sp³-hybridized carbons (Fsp3) is 0.417. The number of thioether (sulfide) groups is 2. The van der Waals surface area contributed by atoms with Crippen molar-refractivity contribution in [1.29, 1.82) is 0 Å². The van der Waals surface area contributed by atoms with Gasteiger partial charge in [-0.3, -0.25) is 14.6 Å². The quantitative estimate of drug-likeness (QED) is 0.341. The zero-order valence-corrected chi connectivity index (χ0v) is 22.4. The first-order valence-electron chi connectivity index (χ1n) is 10.9. The summed E-state index contributed by atoms with van der Waals surface area (Å²) in [5.74, 6) is 0.00854. The molecule has 0 aliphatic carbocycles. The van der Waals surface area contributed by atoms with Gasteiger partial charge in [-0.05, 0) is 36.6 Å². The van der Waals surface area contributed by atoms with E-state index < -0.39 is 0 Å². The molecule has 0 spiro atoms. The molecule has 0 atom stereocenters. The van der Waals surface area contributed by atoms with Gasteiger partial charge in [0, 0.05) is 46.8 Å². The van der Waals surface area contributed by atoms with Crippen LogP contribution in [0.25, 0.3) is 10.2 Å². The van der Waals surface area contributed by atoms with E-state index in [1.165, 1.54) is 0 Å². The van der Waals surface area contributed by atoms with E-state index in [0.717, 1.165) is 58.0 Å². The van der Waals surface area contributed by atoms with Gasteiger partial charge in [0.15, 0.2) is 5.13 Å². The van der Waals surface area contributed by atoms with Crippen molar-refractivity contribution >= 4 is 68.5 Å². The number of amides is 1. The second-order valence-corrected chi connectivity index (χ2v) is 11.4. The number of benzene rings is 2. The van der Waals surface area contributed by atoms with Crippen LogP contribution in [0.5, 0.6) is 0 Å². The number of thiazole rings is 1. The van der Waals surface area contributed by atoms with Crippen LogP contribution in [0.3, 0.4) is 0 Å². The highest BCUT2D eigenvalue weighted by molar-refractivity contribution is 8.00. The summed E-state index contributed by atoms with van der Waals surface area (Å²) in [6, 6.07) is 14.2. The molecule has 3 aromatic rings. The predicted molar refractivity (Wildman–Crippen MR) is 145 cm³/mol. The van der Waals surface area contributed by atoms with Gasteiger partial charge in [-0.25, -0.2) is 4.98 Å². The Balaban J connectivity index is 0.00000306. The number of nitrogens with zero attached hydrogens (tertiary/aromatic N) is 3. The number of anilines is 1. The van der Waals surface area contributed by atoms with Crippen molar-refractivity contribution in [3.05, 3.63) is 48.0 Å². The van der Waals surface area contributed by atoms with E-state index in [2.05, 4.69) is 49.3 Å². The average Bonchev–Trinajstić information content (AvgIpc) is 3.23. The van der Waals surface area contributed by atoms with Crippen LogP contribution in [-0.4, -0.2) is 66.7 Å². The van der Waals surface area contributed by atoms with Gasteiger partial charge < -0.3 is 4.74 Å². The summed E-state index contributed by atoms with van der Waals surface area (Å²) < 4.78 is 6.59. The van der Waals surface area contributed by atoms with Crippen molar-refractivity contribution in [1.82, 2.24) is 9.88 Å². The van der Waals surface area contributed by atoms with E-state index in [-0.39, 0.29) is 18.3 Å². The monoisotopic (exact) mass is 523 g/mol. The van der Waals surface area contributed by atoms with Crippen molar-refractivity contribution in [3.8, 4) is 0 Å². The molecule has 33 heavy (non-hydrogen) atoms. The second-order valence-electron chi connectivity index (χ2n) is 7.91. The van der Waals surface area contributed by atoms with E-state index in [1.807, 2.05) is 23.1 Å². The SMILES string of the molecule is CSc1cccc2sc(N(CCN3CCOCC3)C(=O)c3cccc(SC(C)C)c3)nc12.Cl. The first-order chi connectivity index (χ1) is 15.5. The van der Waals surface area contributed by atoms with Crippen LogP contribution in [0, 0.1) is 0 Å². The van der Waals surface area contributed by atoms with Gasteiger partial charge in [0.25, 0.3) is 5.91 Å². The largest absolute Gasteiger partial charge is 0.379 e. The Morgan fingerprint density at radius 3 is 2.70 bits per heavy atom. The number of carbonyl (C=O) groups excluding carboxylic acids is 1. The number of hydrogen-bond acceptors (Lipinski definition) is 7. The first-order valence-corrected chi connectivity index (χ1v) is 13.8. The molecule has 0 radical (unpaired) electrons. The molecule has 2 heterocycles. The van der Waals surface area contributed by atoms with Crippen LogP contribution < -0.4 is 4.90 Å². The Morgan fingerprint density at radius 2 is 1.97 bits per heavy atom. The van der Waals surface area contributed by atoms with E-state index in [1.54, 1.807) is 34.9 Å². The van der Waals surface area contributed by atoms with E-state index >= 15 is 0 Å². The molecular weight excluding hydrogens is 494 g/mol. The number of para-hydroxylation sites is 1. The number of ether oxygens (including phenoxy) is 1. The van der Waals surface area contributed by atoms with E-state index in [0.29, 0.717) is 17.4 Å². The van der Waals surface area contributed by atoms with Crippen LogP contribution in [-0.2, 0) is 4.74 Å². The summed E-state index contributed by atoms with van der Waals surface area (Å²) in [6.07, 6.45) is 2.06. The fourth-order valence-electron chi connectivity index (χ4n) is 3.67. The smallest absolute Gasteiger partial charge is 0.260 e.